The van der Waals surface area contributed by atoms with E-state index in [9.17, 15) is 22.0 Å². The first kappa shape index (κ1) is 30.2. The normalized spacial score (nSPS) is 11.9. The number of nitrogens with zero attached hydrogens (tertiary/aromatic N) is 3. The molecule has 8 nitrogen and oxygen atoms in total. The van der Waals surface area contributed by atoms with Crippen molar-refractivity contribution in [2.45, 2.75) is 38.0 Å². The molecular formula is C28H27F3N4O4S2. The number of methoxy groups -OCH3 is 1. The quantitative estimate of drug-likeness (QED) is 0.236. The summed E-state index contributed by atoms with van der Waals surface area (Å²) in [5.74, 6) is -3.17. The van der Waals surface area contributed by atoms with Crippen molar-refractivity contribution in [3.8, 4) is 21.7 Å². The third-order valence-electron chi connectivity index (χ3n) is 5.80. The van der Waals surface area contributed by atoms with E-state index < -0.39 is 50.2 Å². The first-order valence-electron chi connectivity index (χ1n) is 12.2. The average Bonchev–Trinajstić information content (AvgIpc) is 3.35. The topological polar surface area (TPSA) is 101 Å². The number of sulfonamides is 1. The van der Waals surface area contributed by atoms with E-state index in [0.717, 1.165) is 6.07 Å². The third-order valence-corrected chi connectivity index (χ3v) is 9.09. The molecule has 0 saturated carbocycles. The van der Waals surface area contributed by atoms with Crippen LogP contribution in [0.25, 0.3) is 21.7 Å². The van der Waals surface area contributed by atoms with Crippen molar-refractivity contribution in [3.63, 3.8) is 0 Å². The van der Waals surface area contributed by atoms with Crippen LogP contribution in [0.3, 0.4) is 0 Å². The molecule has 0 atom stereocenters. The summed E-state index contributed by atoms with van der Waals surface area (Å²) in [5.41, 5.74) is -0.0682. The largest absolute Gasteiger partial charge is 0.363 e. The number of hydrogen-bond acceptors (Lipinski definition) is 7. The Bertz CT molecular complexity index is 1720. The minimum absolute atomic E-state index is 0.0295. The van der Waals surface area contributed by atoms with Crippen LogP contribution in [0.15, 0.2) is 59.6 Å². The first-order chi connectivity index (χ1) is 19.2. The van der Waals surface area contributed by atoms with Gasteiger partial charge in [-0.2, -0.15) is 0 Å². The predicted molar refractivity (Wildman–Crippen MR) is 152 cm³/mol. The van der Waals surface area contributed by atoms with Crippen molar-refractivity contribution in [2.24, 2.45) is 0 Å². The van der Waals surface area contributed by atoms with E-state index in [2.05, 4.69) is 10.3 Å². The van der Waals surface area contributed by atoms with E-state index >= 15 is 4.39 Å². The molecule has 2 aromatic heterocycles. The molecule has 1 amide bonds. The van der Waals surface area contributed by atoms with Crippen molar-refractivity contribution in [1.29, 1.82) is 0 Å². The van der Waals surface area contributed by atoms with E-state index in [4.69, 9.17) is 9.72 Å². The highest BCUT2D eigenvalue weighted by molar-refractivity contribution is 7.92. The number of carbonyl (C=O) groups is 1. The maximum atomic E-state index is 16.4. The number of thiazole rings is 1. The number of benzene rings is 2. The van der Waals surface area contributed by atoms with E-state index in [0.29, 0.717) is 31.9 Å². The van der Waals surface area contributed by atoms with Gasteiger partial charge in [-0.1, -0.05) is 26.8 Å². The molecule has 0 spiro atoms. The lowest BCUT2D eigenvalue weighted by atomic mass is 9.98. The fourth-order valence-corrected chi connectivity index (χ4v) is 6.51. The second kappa shape index (κ2) is 11.6. The van der Waals surface area contributed by atoms with Crippen LogP contribution in [0.2, 0.25) is 0 Å². The Kier molecular flexibility index (Phi) is 8.52. The zero-order chi connectivity index (χ0) is 30.1. The molecule has 0 saturated heterocycles. The van der Waals surface area contributed by atoms with Crippen LogP contribution >= 0.6 is 11.3 Å². The van der Waals surface area contributed by atoms with Gasteiger partial charge in [0.25, 0.3) is 10.0 Å². The standard InChI is InChI=1S/C28H27F3N4O4S2/c1-16(36)33-23-13-17(11-12-32-23)26-25(34-27(40-26)28(2,3)4)19-7-6-8-21(24(19)31)35(15-39-5)41(37,38)22-14-18(29)9-10-20(22)30/h6-14H,15H2,1-5H3,(H,32,33,36). The van der Waals surface area contributed by atoms with Crippen LogP contribution in [-0.4, -0.2) is 38.1 Å². The number of aromatic nitrogens is 2. The van der Waals surface area contributed by atoms with Crippen LogP contribution in [0.5, 0.6) is 0 Å². The SMILES string of the molecule is COCN(c1cccc(-c2nc(C(C)(C)C)sc2-c2ccnc(NC(C)=O)c2)c1F)S(=O)(=O)c1cc(F)ccc1F. The third kappa shape index (κ3) is 6.26. The number of hydrogen-bond donors (Lipinski definition) is 1. The monoisotopic (exact) mass is 604 g/mol. The van der Waals surface area contributed by atoms with Gasteiger partial charge in [-0.3, -0.25) is 4.79 Å². The predicted octanol–water partition coefficient (Wildman–Crippen LogP) is 6.34. The smallest absolute Gasteiger partial charge is 0.269 e. The maximum absolute atomic E-state index is 16.4. The lowest BCUT2D eigenvalue weighted by Gasteiger charge is -2.25. The lowest BCUT2D eigenvalue weighted by molar-refractivity contribution is -0.114. The molecule has 41 heavy (non-hydrogen) atoms. The molecule has 13 heteroatoms. The molecule has 0 aliphatic heterocycles. The van der Waals surface area contributed by atoms with Gasteiger partial charge in [0.2, 0.25) is 5.91 Å². The first-order valence-corrected chi connectivity index (χ1v) is 14.5. The molecule has 0 bridgehead atoms. The van der Waals surface area contributed by atoms with Gasteiger partial charge in [0.15, 0.2) is 5.82 Å². The molecule has 4 aromatic rings. The van der Waals surface area contributed by atoms with Crippen LogP contribution in [0, 0.1) is 17.5 Å². The second-order valence-corrected chi connectivity index (χ2v) is 12.9. The van der Waals surface area contributed by atoms with Crippen LogP contribution in [0.1, 0.15) is 32.7 Å². The van der Waals surface area contributed by atoms with Crippen molar-refractivity contribution in [2.75, 3.05) is 23.5 Å². The average molecular weight is 605 g/mol. The number of rotatable bonds is 8. The zero-order valence-electron chi connectivity index (χ0n) is 22.8. The van der Waals surface area contributed by atoms with E-state index in [1.54, 1.807) is 12.1 Å². The summed E-state index contributed by atoms with van der Waals surface area (Å²) < 4.78 is 77.3. The fraction of sp³-hybridized carbons (Fsp3) is 0.250. The Morgan fingerprint density at radius 3 is 2.49 bits per heavy atom. The van der Waals surface area contributed by atoms with E-state index in [1.165, 1.54) is 49.8 Å². The fourth-order valence-electron chi connectivity index (χ4n) is 3.91. The molecule has 216 valence electrons. The lowest BCUT2D eigenvalue weighted by Crippen LogP contribution is -2.34. The Balaban J connectivity index is 1.92. The van der Waals surface area contributed by atoms with Gasteiger partial charge in [-0.05, 0) is 48.0 Å². The van der Waals surface area contributed by atoms with E-state index in [-0.39, 0.29) is 23.0 Å². The van der Waals surface area contributed by atoms with Crippen LogP contribution in [0.4, 0.5) is 24.7 Å². The molecule has 0 radical (unpaired) electrons. The van der Waals surface area contributed by atoms with Gasteiger partial charge >= 0.3 is 0 Å². The molecule has 0 unspecified atom stereocenters. The highest BCUT2D eigenvalue weighted by atomic mass is 32.2. The molecular weight excluding hydrogens is 577 g/mol. The Morgan fingerprint density at radius 1 is 1.10 bits per heavy atom. The minimum Gasteiger partial charge on any atom is -0.363 e. The molecule has 0 aliphatic rings. The molecule has 0 fully saturated rings. The Labute approximate surface area is 239 Å². The highest BCUT2D eigenvalue weighted by Gasteiger charge is 2.32. The van der Waals surface area contributed by atoms with Gasteiger partial charge in [0, 0.05) is 31.2 Å². The second-order valence-electron chi connectivity index (χ2n) is 10.0. The summed E-state index contributed by atoms with van der Waals surface area (Å²) in [4.78, 5) is 20.1. The number of anilines is 2. The number of carbonyl (C=O) groups excluding carboxylic acids is 1. The van der Waals surface area contributed by atoms with Crippen molar-refractivity contribution in [1.82, 2.24) is 9.97 Å². The van der Waals surface area contributed by atoms with Crippen LogP contribution in [-0.2, 0) is 25.0 Å². The number of ether oxygens (including phenoxy) is 1. The summed E-state index contributed by atoms with van der Waals surface area (Å²) in [6.07, 6.45) is 1.49. The number of pyridine rings is 1. The van der Waals surface area contributed by atoms with Gasteiger partial charge in [0.05, 0.1) is 21.3 Å². The summed E-state index contributed by atoms with van der Waals surface area (Å²) in [6.45, 7) is 6.51. The Morgan fingerprint density at radius 2 is 1.83 bits per heavy atom. The number of amides is 1. The summed E-state index contributed by atoms with van der Waals surface area (Å²) in [5, 5.41) is 3.29. The summed E-state index contributed by atoms with van der Waals surface area (Å²) >= 11 is 1.32. The van der Waals surface area contributed by atoms with Crippen molar-refractivity contribution in [3.05, 3.63) is 77.2 Å². The molecule has 2 aromatic carbocycles. The molecule has 1 N–H and O–H groups in total. The summed E-state index contributed by atoms with van der Waals surface area (Å²) in [7, 11) is -3.61. The van der Waals surface area contributed by atoms with Gasteiger partial charge in [-0.25, -0.2) is 35.9 Å². The van der Waals surface area contributed by atoms with Crippen LogP contribution < -0.4 is 9.62 Å². The highest BCUT2D eigenvalue weighted by Crippen LogP contribution is 2.43. The molecule has 0 aliphatic carbocycles. The van der Waals surface area contributed by atoms with Crippen molar-refractivity contribution < 1.29 is 31.1 Å². The molecule has 2 heterocycles. The van der Waals surface area contributed by atoms with Gasteiger partial charge in [0.1, 0.15) is 29.1 Å². The summed E-state index contributed by atoms with van der Waals surface area (Å²) in [6, 6.07) is 9.38. The number of nitrogens with one attached hydrogen (secondary N) is 1. The Hall–Kier alpha value is -3.81. The molecule has 4 rings (SSSR count). The number of halogens is 3. The van der Waals surface area contributed by atoms with E-state index in [1.807, 2.05) is 20.8 Å². The maximum Gasteiger partial charge on any atom is 0.269 e. The minimum atomic E-state index is -4.80. The van der Waals surface area contributed by atoms with Gasteiger partial charge < -0.3 is 10.1 Å². The zero-order valence-corrected chi connectivity index (χ0v) is 24.5. The van der Waals surface area contributed by atoms with Crippen molar-refractivity contribution >= 4 is 38.8 Å². The van der Waals surface area contributed by atoms with Gasteiger partial charge in [-0.15, -0.1) is 11.3 Å².